The third-order valence-corrected chi connectivity index (χ3v) is 6.67. The van der Waals surface area contributed by atoms with Crippen LogP contribution in [0, 0.1) is 6.92 Å². The second-order valence-corrected chi connectivity index (χ2v) is 9.54. The molecular formula is C28H28N8O3. The summed E-state index contributed by atoms with van der Waals surface area (Å²) in [7, 11) is 0. The minimum absolute atomic E-state index is 0.100. The Kier molecular flexibility index (Phi) is 7.30. The van der Waals surface area contributed by atoms with Gasteiger partial charge in [-0.2, -0.15) is 5.21 Å². The molecule has 0 bridgehead atoms. The van der Waals surface area contributed by atoms with Gasteiger partial charge in [0.2, 0.25) is 17.6 Å². The van der Waals surface area contributed by atoms with Crippen LogP contribution in [0.3, 0.4) is 0 Å². The second-order valence-electron chi connectivity index (χ2n) is 9.54. The molecule has 0 radical (unpaired) electrons. The van der Waals surface area contributed by atoms with Crippen LogP contribution in [0.15, 0.2) is 72.8 Å². The molecule has 39 heavy (non-hydrogen) atoms. The van der Waals surface area contributed by atoms with Gasteiger partial charge in [0, 0.05) is 16.9 Å². The molecule has 1 aliphatic heterocycles. The number of aromatic nitrogens is 4. The summed E-state index contributed by atoms with van der Waals surface area (Å²) in [5.74, 6) is -0.751. The van der Waals surface area contributed by atoms with E-state index >= 15 is 0 Å². The number of benzene rings is 3. The number of nitrogens with two attached hydrogens (primary N) is 1. The number of rotatable bonds is 7. The molecule has 1 aromatic heterocycles. The highest BCUT2D eigenvalue weighted by molar-refractivity contribution is 6.05. The van der Waals surface area contributed by atoms with Crippen LogP contribution >= 0.6 is 0 Å². The number of primary amides is 1. The van der Waals surface area contributed by atoms with E-state index in [-0.39, 0.29) is 12.5 Å². The minimum atomic E-state index is -0.897. The molecule has 0 saturated heterocycles. The zero-order valence-electron chi connectivity index (χ0n) is 21.3. The van der Waals surface area contributed by atoms with Crippen LogP contribution in [0.1, 0.15) is 29.0 Å². The van der Waals surface area contributed by atoms with Crippen LogP contribution in [-0.4, -0.2) is 51.1 Å². The van der Waals surface area contributed by atoms with Gasteiger partial charge in [-0.05, 0) is 65.8 Å². The second kappa shape index (κ2) is 11.1. The summed E-state index contributed by atoms with van der Waals surface area (Å²) in [5.41, 5.74) is 10.3. The monoisotopic (exact) mass is 524 g/mol. The Balaban J connectivity index is 1.43. The number of urea groups is 1. The number of fused-ring (bicyclic) bond motifs is 1. The highest BCUT2D eigenvalue weighted by atomic mass is 16.2. The number of H-pyrrole nitrogens is 1. The van der Waals surface area contributed by atoms with Crippen molar-refractivity contribution in [1.82, 2.24) is 25.9 Å². The Morgan fingerprint density at radius 3 is 2.64 bits per heavy atom. The first-order chi connectivity index (χ1) is 18.9. The van der Waals surface area contributed by atoms with Crippen LogP contribution in [0.2, 0.25) is 0 Å². The lowest BCUT2D eigenvalue weighted by Crippen LogP contribution is -2.51. The Morgan fingerprint density at radius 1 is 1.08 bits per heavy atom. The van der Waals surface area contributed by atoms with E-state index in [9.17, 15) is 14.4 Å². The zero-order valence-corrected chi connectivity index (χ0v) is 21.3. The Hall–Kier alpha value is -5.06. The fraction of sp³-hybridized carbons (Fsp3) is 0.214. The summed E-state index contributed by atoms with van der Waals surface area (Å²) in [4.78, 5) is 40.3. The lowest BCUT2D eigenvalue weighted by Gasteiger charge is -2.25. The van der Waals surface area contributed by atoms with Gasteiger partial charge in [0.1, 0.15) is 12.6 Å². The summed E-state index contributed by atoms with van der Waals surface area (Å²) in [6, 6.07) is 21.3. The highest BCUT2D eigenvalue weighted by Gasteiger charge is 2.36. The SMILES string of the molecule is Cc1ccc2c(c1)N(CC(N)=O)C(=O)C(NC(=O)Nc1cccc(-c3nn[nH]n3)c1)CC2Cc1ccccc1. The van der Waals surface area contributed by atoms with Gasteiger partial charge in [0.15, 0.2) is 0 Å². The third-order valence-electron chi connectivity index (χ3n) is 6.67. The van der Waals surface area contributed by atoms with Crippen molar-refractivity contribution < 1.29 is 14.4 Å². The van der Waals surface area contributed by atoms with Crippen LogP contribution in [0.5, 0.6) is 0 Å². The molecule has 11 heteroatoms. The van der Waals surface area contributed by atoms with Gasteiger partial charge in [-0.3, -0.25) is 9.59 Å². The first-order valence-corrected chi connectivity index (χ1v) is 12.5. The van der Waals surface area contributed by atoms with E-state index in [0.29, 0.717) is 35.6 Å². The molecule has 5 rings (SSSR count). The predicted molar refractivity (Wildman–Crippen MR) is 146 cm³/mol. The number of tetrazole rings is 1. The molecule has 198 valence electrons. The molecule has 4 amide bonds. The Morgan fingerprint density at radius 2 is 1.90 bits per heavy atom. The number of nitrogens with one attached hydrogen (secondary N) is 3. The van der Waals surface area contributed by atoms with Crippen LogP contribution in [-0.2, 0) is 16.0 Å². The average molecular weight is 525 g/mol. The van der Waals surface area contributed by atoms with Gasteiger partial charge in [-0.1, -0.05) is 54.6 Å². The van der Waals surface area contributed by atoms with Crippen molar-refractivity contribution in [1.29, 1.82) is 0 Å². The van der Waals surface area contributed by atoms with Gasteiger partial charge in [-0.25, -0.2) is 4.79 Å². The maximum absolute atomic E-state index is 13.8. The highest BCUT2D eigenvalue weighted by Crippen LogP contribution is 2.38. The number of amides is 4. The lowest BCUT2D eigenvalue weighted by atomic mass is 9.86. The van der Waals surface area contributed by atoms with Crippen molar-refractivity contribution >= 4 is 29.2 Å². The van der Waals surface area contributed by atoms with Gasteiger partial charge in [0.05, 0.1) is 0 Å². The van der Waals surface area contributed by atoms with Crippen molar-refractivity contribution in [2.24, 2.45) is 5.73 Å². The van der Waals surface area contributed by atoms with E-state index in [0.717, 1.165) is 16.7 Å². The molecule has 0 fully saturated rings. The number of nitrogens with zero attached hydrogens (tertiary/aromatic N) is 4. The summed E-state index contributed by atoms with van der Waals surface area (Å²) < 4.78 is 0. The van der Waals surface area contributed by atoms with Gasteiger partial charge in [0.25, 0.3) is 0 Å². The van der Waals surface area contributed by atoms with Crippen LogP contribution in [0.4, 0.5) is 16.2 Å². The van der Waals surface area contributed by atoms with Gasteiger partial charge >= 0.3 is 6.03 Å². The third kappa shape index (κ3) is 5.93. The molecular weight excluding hydrogens is 496 g/mol. The van der Waals surface area contributed by atoms with Crippen molar-refractivity contribution in [2.75, 3.05) is 16.8 Å². The first kappa shape index (κ1) is 25.6. The van der Waals surface area contributed by atoms with E-state index in [1.54, 1.807) is 24.3 Å². The summed E-state index contributed by atoms with van der Waals surface area (Å²) >= 11 is 0. The molecule has 11 nitrogen and oxygen atoms in total. The van der Waals surface area contributed by atoms with Crippen molar-refractivity contribution in [2.45, 2.75) is 31.7 Å². The molecule has 0 saturated carbocycles. The standard InChI is InChI=1S/C28H28N8O3/c1-17-10-11-22-20(13-18-6-3-2-4-7-18)15-23(27(38)36(16-25(29)37)24(22)12-17)31-28(39)30-21-9-5-8-19(14-21)26-32-34-35-33-26/h2-12,14,20,23H,13,15-16H2,1H3,(H2,29,37)(H2,30,31,39)(H,32,33,34,35). The van der Waals surface area contributed by atoms with E-state index in [1.807, 2.05) is 55.5 Å². The predicted octanol–water partition coefficient (Wildman–Crippen LogP) is 2.91. The molecule has 2 atom stereocenters. The summed E-state index contributed by atoms with van der Waals surface area (Å²) in [5, 5.41) is 19.5. The fourth-order valence-electron chi connectivity index (χ4n) is 4.93. The van der Waals surface area contributed by atoms with E-state index in [4.69, 9.17) is 5.73 Å². The number of carbonyl (C=O) groups is 3. The van der Waals surface area contributed by atoms with Crippen molar-refractivity contribution in [3.8, 4) is 11.4 Å². The van der Waals surface area contributed by atoms with E-state index in [1.165, 1.54) is 4.90 Å². The fourth-order valence-corrected chi connectivity index (χ4v) is 4.93. The number of aromatic amines is 1. The molecule has 0 aliphatic carbocycles. The number of hydrogen-bond acceptors (Lipinski definition) is 6. The zero-order chi connectivity index (χ0) is 27.4. The largest absolute Gasteiger partial charge is 0.368 e. The average Bonchev–Trinajstić information content (AvgIpc) is 3.44. The normalized spacial score (nSPS) is 16.7. The van der Waals surface area contributed by atoms with Crippen molar-refractivity contribution in [3.63, 3.8) is 0 Å². The lowest BCUT2D eigenvalue weighted by molar-refractivity contribution is -0.123. The van der Waals surface area contributed by atoms with E-state index < -0.39 is 23.9 Å². The molecule has 0 spiro atoms. The maximum atomic E-state index is 13.8. The summed E-state index contributed by atoms with van der Waals surface area (Å²) in [6.07, 6.45) is 0.997. The maximum Gasteiger partial charge on any atom is 0.319 e. The Labute approximate surface area is 224 Å². The van der Waals surface area contributed by atoms with Gasteiger partial charge in [-0.15, -0.1) is 10.2 Å². The van der Waals surface area contributed by atoms with Crippen molar-refractivity contribution in [3.05, 3.63) is 89.5 Å². The quantitative estimate of drug-likeness (QED) is 0.291. The Bertz CT molecular complexity index is 1490. The van der Waals surface area contributed by atoms with Gasteiger partial charge < -0.3 is 21.3 Å². The van der Waals surface area contributed by atoms with E-state index in [2.05, 4.69) is 31.3 Å². The smallest absolute Gasteiger partial charge is 0.319 e. The minimum Gasteiger partial charge on any atom is -0.368 e. The number of aryl methyl sites for hydroxylation is 1. The first-order valence-electron chi connectivity index (χ1n) is 12.5. The summed E-state index contributed by atoms with van der Waals surface area (Å²) in [6.45, 7) is 1.63. The number of hydrogen-bond donors (Lipinski definition) is 4. The number of carbonyl (C=O) groups excluding carboxylic acids is 3. The molecule has 2 heterocycles. The molecule has 4 aromatic rings. The molecule has 3 aromatic carbocycles. The molecule has 1 aliphatic rings. The molecule has 2 unspecified atom stereocenters. The van der Waals surface area contributed by atoms with Crippen LogP contribution in [0.25, 0.3) is 11.4 Å². The molecule has 5 N–H and O–H groups in total. The number of anilines is 2. The topological polar surface area (TPSA) is 159 Å². The van der Waals surface area contributed by atoms with Crippen LogP contribution < -0.4 is 21.3 Å².